The maximum Gasteiger partial charge on any atom is 0.438 e. The second-order valence-corrected chi connectivity index (χ2v) is 10.4. The average molecular weight is 509 g/mol. The number of imide groups is 1. The van der Waals surface area contributed by atoms with Gasteiger partial charge in [-0.1, -0.05) is 24.0 Å². The molecular weight excluding hydrogens is 492 g/mol. The number of aromatic nitrogens is 3. The third-order valence-electron chi connectivity index (χ3n) is 5.26. The Bertz CT molecular complexity index is 1660. The Hall–Kier alpha value is -4.21. The summed E-state index contributed by atoms with van der Waals surface area (Å²) in [6.45, 7) is -0.277. The fourth-order valence-electron chi connectivity index (χ4n) is 3.63. The Morgan fingerprint density at radius 2 is 1.60 bits per heavy atom. The molecule has 1 aromatic carbocycles. The van der Waals surface area contributed by atoms with Crippen molar-refractivity contribution < 1.29 is 22.4 Å². The van der Waals surface area contributed by atoms with E-state index in [1.54, 1.807) is 53.4 Å². The van der Waals surface area contributed by atoms with Crippen LogP contribution in [-0.2, 0) is 16.4 Å². The van der Waals surface area contributed by atoms with Gasteiger partial charge in [0.25, 0.3) is 17.7 Å². The first kappa shape index (κ1) is 22.6. The maximum absolute atomic E-state index is 12.4. The van der Waals surface area contributed by atoms with Gasteiger partial charge in [-0.05, 0) is 24.3 Å². The number of hydrogen-bond donors (Lipinski definition) is 0. The van der Waals surface area contributed by atoms with Crippen molar-refractivity contribution in [1.82, 2.24) is 19.2 Å². The van der Waals surface area contributed by atoms with Crippen LogP contribution >= 0.6 is 11.3 Å². The van der Waals surface area contributed by atoms with Gasteiger partial charge in [-0.15, -0.1) is 16.4 Å². The highest BCUT2D eigenvalue weighted by atomic mass is 32.2. The van der Waals surface area contributed by atoms with Crippen molar-refractivity contribution in [2.75, 3.05) is 12.8 Å². The van der Waals surface area contributed by atoms with Crippen LogP contribution in [0.25, 0.3) is 16.5 Å². The van der Waals surface area contributed by atoms with Crippen LogP contribution in [0.4, 0.5) is 0 Å². The van der Waals surface area contributed by atoms with Crippen molar-refractivity contribution in [3.05, 3.63) is 75.8 Å². The smallest absolute Gasteiger partial charge is 0.387 e. The van der Waals surface area contributed by atoms with Gasteiger partial charge in [-0.3, -0.25) is 14.5 Å². The predicted octanol–water partition coefficient (Wildman–Crippen LogP) is 2.06. The Kier molecular flexibility index (Phi) is 5.50. The molecule has 176 valence electrons. The van der Waals surface area contributed by atoms with Crippen molar-refractivity contribution in [3.8, 4) is 28.3 Å². The number of benzene rings is 1. The van der Waals surface area contributed by atoms with Crippen LogP contribution in [0.1, 0.15) is 20.7 Å². The third kappa shape index (κ3) is 4.01. The summed E-state index contributed by atoms with van der Waals surface area (Å²) in [5, 5.41) is 5.64. The van der Waals surface area contributed by atoms with E-state index in [9.17, 15) is 22.8 Å². The van der Waals surface area contributed by atoms with Crippen molar-refractivity contribution in [1.29, 1.82) is 0 Å². The molecule has 0 saturated heterocycles. The summed E-state index contributed by atoms with van der Waals surface area (Å²) in [5.41, 5.74) is 1.01. The average Bonchev–Trinajstić information content (AvgIpc) is 3.59. The van der Waals surface area contributed by atoms with Crippen molar-refractivity contribution >= 4 is 33.0 Å². The number of thiophene rings is 1. The first-order valence-corrected chi connectivity index (χ1v) is 13.0. The molecule has 0 fully saturated rings. The molecule has 0 spiro atoms. The van der Waals surface area contributed by atoms with Crippen molar-refractivity contribution in [3.63, 3.8) is 0 Å². The molecular formula is C23H16N4O6S2. The number of hydrogen-bond acceptors (Lipinski definition) is 8. The summed E-state index contributed by atoms with van der Waals surface area (Å²) in [4.78, 5) is 38.6. The lowest BCUT2D eigenvalue weighted by molar-refractivity contribution is 0.0675. The lowest BCUT2D eigenvalue weighted by Crippen LogP contribution is -2.30. The van der Waals surface area contributed by atoms with Crippen LogP contribution in [0.2, 0.25) is 0 Å². The molecule has 4 heterocycles. The topological polar surface area (TPSA) is 124 Å². The van der Waals surface area contributed by atoms with Gasteiger partial charge < -0.3 is 8.98 Å². The minimum Gasteiger partial charge on any atom is -0.387 e. The summed E-state index contributed by atoms with van der Waals surface area (Å²) in [5.74, 6) is 3.78. The second kappa shape index (κ2) is 8.53. The van der Waals surface area contributed by atoms with Gasteiger partial charge in [-0.25, -0.2) is 13.2 Å². The van der Waals surface area contributed by atoms with E-state index < -0.39 is 27.4 Å². The van der Waals surface area contributed by atoms with Crippen LogP contribution in [0, 0.1) is 11.8 Å². The maximum atomic E-state index is 12.4. The number of carbonyl (C=O) groups is 2. The molecule has 5 rings (SSSR count). The van der Waals surface area contributed by atoms with Gasteiger partial charge in [0, 0.05) is 24.0 Å². The SMILES string of the molecule is CS(=O)(=O)c1csc(-c2nn(CC#CCN3C(=O)c4ccccc4C3=O)c(=O)o2)c1-n1cccc1. The van der Waals surface area contributed by atoms with E-state index in [0.717, 1.165) is 27.2 Å². The molecule has 0 N–H and O–H groups in total. The standard InChI is InChI=1S/C23H16N4O6S2/c1-35(31,32)17-14-34-19(18(17)25-10-4-5-11-25)20-24-27(23(30)33-20)13-7-6-12-26-21(28)15-8-2-3-9-16(15)22(26)29/h2-5,8-11,14H,12-13H2,1H3. The largest absolute Gasteiger partial charge is 0.438 e. The number of fused-ring (bicyclic) bond motifs is 1. The molecule has 35 heavy (non-hydrogen) atoms. The first-order chi connectivity index (χ1) is 16.8. The van der Waals surface area contributed by atoms with Gasteiger partial charge in [0.2, 0.25) is 0 Å². The van der Waals surface area contributed by atoms with Crippen LogP contribution < -0.4 is 5.76 Å². The molecule has 0 atom stereocenters. The highest BCUT2D eigenvalue weighted by Crippen LogP contribution is 2.37. The highest BCUT2D eigenvalue weighted by molar-refractivity contribution is 7.91. The molecule has 0 radical (unpaired) electrons. The van der Waals surface area contributed by atoms with Gasteiger partial charge in [-0.2, -0.15) is 4.68 Å². The van der Waals surface area contributed by atoms with Crippen LogP contribution in [0.5, 0.6) is 0 Å². The zero-order chi connectivity index (χ0) is 24.7. The molecule has 2 amide bonds. The number of sulfone groups is 1. The van der Waals surface area contributed by atoms with Crippen LogP contribution in [0.3, 0.4) is 0 Å². The van der Waals surface area contributed by atoms with Gasteiger partial charge >= 0.3 is 5.76 Å². The molecule has 0 bridgehead atoms. The molecule has 12 heteroatoms. The molecule has 0 unspecified atom stereocenters. The summed E-state index contributed by atoms with van der Waals surface area (Å²) in [6, 6.07) is 10.0. The lowest BCUT2D eigenvalue weighted by Gasteiger charge is -2.08. The quantitative estimate of drug-likeness (QED) is 0.298. The molecule has 4 aromatic rings. The zero-order valence-electron chi connectivity index (χ0n) is 18.2. The van der Waals surface area contributed by atoms with Gasteiger partial charge in [0.15, 0.2) is 9.84 Å². The Morgan fingerprint density at radius 1 is 0.971 bits per heavy atom. The Morgan fingerprint density at radius 3 is 2.23 bits per heavy atom. The zero-order valence-corrected chi connectivity index (χ0v) is 19.8. The predicted molar refractivity (Wildman–Crippen MR) is 126 cm³/mol. The molecule has 1 aliphatic heterocycles. The Labute approximate surface area is 202 Å². The van der Waals surface area contributed by atoms with Crippen molar-refractivity contribution in [2.45, 2.75) is 11.4 Å². The Balaban J connectivity index is 1.38. The minimum atomic E-state index is -3.55. The monoisotopic (exact) mass is 508 g/mol. The summed E-state index contributed by atoms with van der Waals surface area (Å²) >= 11 is 1.09. The first-order valence-electron chi connectivity index (χ1n) is 10.2. The number of amides is 2. The number of carbonyl (C=O) groups excluding carboxylic acids is 2. The third-order valence-corrected chi connectivity index (χ3v) is 7.48. The molecule has 3 aromatic heterocycles. The van der Waals surface area contributed by atoms with Gasteiger partial charge in [0.05, 0.1) is 23.4 Å². The normalized spacial score (nSPS) is 13.1. The van der Waals surface area contributed by atoms with E-state index >= 15 is 0 Å². The fourth-order valence-corrected chi connectivity index (χ4v) is 5.94. The second-order valence-electron chi connectivity index (χ2n) is 7.57. The van der Waals surface area contributed by atoms with E-state index in [-0.39, 0.29) is 23.9 Å². The number of rotatable bonds is 5. The van der Waals surface area contributed by atoms with Crippen LogP contribution in [0.15, 0.2) is 68.3 Å². The summed E-state index contributed by atoms with van der Waals surface area (Å²) in [7, 11) is -3.55. The molecule has 0 aliphatic carbocycles. The molecule has 10 nitrogen and oxygen atoms in total. The van der Waals surface area contributed by atoms with Crippen molar-refractivity contribution in [2.24, 2.45) is 0 Å². The summed E-state index contributed by atoms with van der Waals surface area (Å²) in [6.07, 6.45) is 4.46. The summed E-state index contributed by atoms with van der Waals surface area (Å²) < 4.78 is 32.4. The fraction of sp³-hybridized carbons (Fsp3) is 0.130. The van der Waals surface area contributed by atoms with E-state index in [4.69, 9.17) is 4.42 Å². The molecule has 0 saturated carbocycles. The van der Waals surface area contributed by atoms with E-state index in [1.807, 2.05) is 0 Å². The van der Waals surface area contributed by atoms with Crippen LogP contribution in [-0.4, -0.2) is 52.3 Å². The number of nitrogens with zero attached hydrogens (tertiary/aromatic N) is 4. The van der Waals surface area contributed by atoms with E-state index in [0.29, 0.717) is 21.7 Å². The molecule has 1 aliphatic rings. The lowest BCUT2D eigenvalue weighted by atomic mass is 10.1. The van der Waals surface area contributed by atoms with Gasteiger partial charge in [0.1, 0.15) is 16.3 Å². The minimum absolute atomic E-state index is 0.0410. The highest BCUT2D eigenvalue weighted by Gasteiger charge is 2.34. The van der Waals surface area contributed by atoms with E-state index in [1.165, 1.54) is 5.38 Å². The van der Waals surface area contributed by atoms with E-state index in [2.05, 4.69) is 16.9 Å².